The van der Waals surface area contributed by atoms with Gasteiger partial charge in [-0.3, -0.25) is 14.6 Å². The number of nitrogens with zero attached hydrogens (tertiary/aromatic N) is 2. The zero-order valence-electron chi connectivity index (χ0n) is 14.9. The number of nitrogens with one attached hydrogen (secondary N) is 2. The van der Waals surface area contributed by atoms with Gasteiger partial charge >= 0.3 is 0 Å². The summed E-state index contributed by atoms with van der Waals surface area (Å²) in [5.41, 5.74) is 2.37. The van der Waals surface area contributed by atoms with Crippen molar-refractivity contribution in [2.75, 3.05) is 18.2 Å². The van der Waals surface area contributed by atoms with Crippen molar-refractivity contribution in [2.45, 2.75) is 12.1 Å². The van der Waals surface area contributed by atoms with Gasteiger partial charge in [-0.2, -0.15) is 0 Å². The largest absolute Gasteiger partial charge is 0.497 e. The first-order valence-corrected chi connectivity index (χ1v) is 9.14. The molecule has 0 spiro atoms. The van der Waals surface area contributed by atoms with Crippen LogP contribution in [0.3, 0.4) is 0 Å². The summed E-state index contributed by atoms with van der Waals surface area (Å²) in [5.74, 6) is 0.597. The molecule has 138 valence electrons. The second-order valence-corrected chi connectivity index (χ2v) is 6.70. The van der Waals surface area contributed by atoms with Crippen LogP contribution >= 0.6 is 11.8 Å². The molecule has 0 fully saturated rings. The van der Waals surface area contributed by atoms with Crippen molar-refractivity contribution in [3.63, 3.8) is 0 Å². The molecule has 0 aliphatic carbocycles. The Labute approximate surface area is 160 Å². The van der Waals surface area contributed by atoms with Crippen LogP contribution in [0.5, 0.6) is 5.75 Å². The number of ether oxygens (including phenoxy) is 1. The lowest BCUT2D eigenvalue weighted by Gasteiger charge is -2.06. The van der Waals surface area contributed by atoms with Crippen molar-refractivity contribution >= 4 is 23.4 Å². The molecule has 7 nitrogen and oxygen atoms in total. The fourth-order valence-corrected chi connectivity index (χ4v) is 2.90. The van der Waals surface area contributed by atoms with Crippen LogP contribution in [0.15, 0.2) is 58.5 Å². The Balaban J connectivity index is 1.60. The van der Waals surface area contributed by atoms with E-state index < -0.39 is 0 Å². The lowest BCUT2D eigenvalue weighted by molar-refractivity contribution is -0.113. The minimum absolute atomic E-state index is 0.0977. The monoisotopic (exact) mass is 382 g/mol. The molecule has 1 amide bonds. The summed E-state index contributed by atoms with van der Waals surface area (Å²) in [5, 5.41) is 11.1. The van der Waals surface area contributed by atoms with E-state index >= 15 is 0 Å². The Morgan fingerprint density at radius 1 is 1.11 bits per heavy atom. The molecule has 27 heavy (non-hydrogen) atoms. The predicted octanol–water partition coefficient (Wildman–Crippen LogP) is 2.88. The van der Waals surface area contributed by atoms with Crippen LogP contribution < -0.4 is 15.6 Å². The Kier molecular flexibility index (Phi) is 5.87. The lowest BCUT2D eigenvalue weighted by Crippen LogP contribution is -2.17. The Morgan fingerprint density at radius 2 is 1.81 bits per heavy atom. The Morgan fingerprint density at radius 3 is 2.44 bits per heavy atom. The normalized spacial score (nSPS) is 10.4. The van der Waals surface area contributed by atoms with Crippen molar-refractivity contribution < 1.29 is 9.53 Å². The van der Waals surface area contributed by atoms with Gasteiger partial charge in [-0.15, -0.1) is 10.2 Å². The highest BCUT2D eigenvalue weighted by atomic mass is 32.2. The summed E-state index contributed by atoms with van der Waals surface area (Å²) >= 11 is 1.11. The summed E-state index contributed by atoms with van der Waals surface area (Å²) in [7, 11) is 1.58. The quantitative estimate of drug-likeness (QED) is 0.636. The number of carbonyl (C=O) groups excluding carboxylic acids is 1. The molecule has 1 aromatic heterocycles. The van der Waals surface area contributed by atoms with Gasteiger partial charge in [0.15, 0.2) is 10.9 Å². The number of thioether (sulfide) groups is 1. The second-order valence-electron chi connectivity index (χ2n) is 5.74. The first kappa shape index (κ1) is 18.7. The molecule has 0 saturated carbocycles. The number of aryl methyl sites for hydroxylation is 1. The van der Waals surface area contributed by atoms with E-state index in [1.54, 1.807) is 31.4 Å². The fourth-order valence-electron chi connectivity index (χ4n) is 2.29. The highest BCUT2D eigenvalue weighted by molar-refractivity contribution is 7.99. The van der Waals surface area contributed by atoms with Crippen LogP contribution in [0.1, 0.15) is 5.56 Å². The summed E-state index contributed by atoms with van der Waals surface area (Å²) in [6.45, 7) is 1.97. The molecular weight excluding hydrogens is 364 g/mol. The second kappa shape index (κ2) is 8.50. The van der Waals surface area contributed by atoms with Gasteiger partial charge in [0, 0.05) is 11.3 Å². The molecule has 0 saturated heterocycles. The van der Waals surface area contributed by atoms with E-state index in [2.05, 4.69) is 20.5 Å². The number of methoxy groups -OCH3 is 1. The molecule has 3 aromatic rings. The third-order valence-corrected chi connectivity index (χ3v) is 4.58. The maximum atomic E-state index is 12.2. The third kappa shape index (κ3) is 4.95. The number of amides is 1. The van der Waals surface area contributed by atoms with Crippen LogP contribution in [0.4, 0.5) is 5.69 Å². The minimum Gasteiger partial charge on any atom is -0.497 e. The van der Waals surface area contributed by atoms with Gasteiger partial charge in [-0.25, -0.2) is 0 Å². The van der Waals surface area contributed by atoms with Gasteiger partial charge in [-0.05, 0) is 31.2 Å². The maximum Gasteiger partial charge on any atom is 0.278 e. The predicted molar refractivity (Wildman–Crippen MR) is 105 cm³/mol. The number of aromatic amines is 1. The van der Waals surface area contributed by atoms with Gasteiger partial charge in [0.05, 0.1) is 12.9 Å². The van der Waals surface area contributed by atoms with Crippen LogP contribution in [0, 0.1) is 6.92 Å². The van der Waals surface area contributed by atoms with Gasteiger partial charge < -0.3 is 10.1 Å². The van der Waals surface area contributed by atoms with Crippen LogP contribution in [0.2, 0.25) is 0 Å². The summed E-state index contributed by atoms with van der Waals surface area (Å²) in [6, 6.07) is 14.5. The first-order valence-electron chi connectivity index (χ1n) is 8.16. The van der Waals surface area contributed by atoms with Crippen molar-refractivity contribution in [3.05, 3.63) is 64.4 Å². The Bertz CT molecular complexity index is 985. The van der Waals surface area contributed by atoms with E-state index in [0.29, 0.717) is 22.2 Å². The summed E-state index contributed by atoms with van der Waals surface area (Å²) < 4.78 is 5.07. The number of carbonyl (C=O) groups is 1. The van der Waals surface area contributed by atoms with Crippen molar-refractivity contribution in [1.29, 1.82) is 0 Å². The molecule has 8 heteroatoms. The Hall–Kier alpha value is -3.13. The van der Waals surface area contributed by atoms with E-state index in [-0.39, 0.29) is 22.9 Å². The number of rotatable bonds is 6. The lowest BCUT2D eigenvalue weighted by atomic mass is 10.1. The van der Waals surface area contributed by atoms with E-state index in [9.17, 15) is 9.59 Å². The van der Waals surface area contributed by atoms with E-state index in [0.717, 1.165) is 17.3 Å². The number of benzene rings is 2. The number of anilines is 1. The molecular formula is C19H18N4O3S. The SMILES string of the molecule is COc1ccc(NC(=O)CSc2nnc(-c3ccc(C)cc3)c(=O)[nH]2)cc1. The molecule has 0 aliphatic heterocycles. The number of hydrogen-bond donors (Lipinski definition) is 2. The highest BCUT2D eigenvalue weighted by Crippen LogP contribution is 2.17. The average molecular weight is 382 g/mol. The van der Waals surface area contributed by atoms with Gasteiger partial charge in [0.25, 0.3) is 5.56 Å². The van der Waals surface area contributed by atoms with Crippen LogP contribution in [0.25, 0.3) is 11.3 Å². The molecule has 0 atom stereocenters. The molecule has 0 aliphatic rings. The number of hydrogen-bond acceptors (Lipinski definition) is 6. The maximum absolute atomic E-state index is 12.2. The van der Waals surface area contributed by atoms with Crippen LogP contribution in [-0.4, -0.2) is 34.0 Å². The fraction of sp³-hybridized carbons (Fsp3) is 0.158. The third-order valence-electron chi connectivity index (χ3n) is 3.72. The van der Waals surface area contributed by atoms with Gasteiger partial charge in [0.1, 0.15) is 5.75 Å². The highest BCUT2D eigenvalue weighted by Gasteiger charge is 2.10. The standard InChI is InChI=1S/C19H18N4O3S/c1-12-3-5-13(6-4-12)17-18(25)21-19(23-22-17)27-11-16(24)20-14-7-9-15(26-2)10-8-14/h3-10H,11H2,1-2H3,(H,20,24)(H,21,23,25). The average Bonchev–Trinajstić information content (AvgIpc) is 2.68. The number of H-pyrrole nitrogens is 1. The van der Waals surface area contributed by atoms with E-state index in [4.69, 9.17) is 4.74 Å². The zero-order valence-corrected chi connectivity index (χ0v) is 15.7. The van der Waals surface area contributed by atoms with Gasteiger partial charge in [-0.1, -0.05) is 41.6 Å². The van der Waals surface area contributed by atoms with Crippen molar-refractivity contribution in [2.24, 2.45) is 0 Å². The van der Waals surface area contributed by atoms with Crippen molar-refractivity contribution in [3.8, 4) is 17.0 Å². The topological polar surface area (TPSA) is 97.0 Å². The molecule has 3 rings (SSSR count). The van der Waals surface area contributed by atoms with Crippen molar-refractivity contribution in [1.82, 2.24) is 15.2 Å². The molecule has 0 unspecified atom stereocenters. The summed E-state index contributed by atoms with van der Waals surface area (Å²) in [6.07, 6.45) is 0. The number of aromatic nitrogens is 3. The smallest absolute Gasteiger partial charge is 0.278 e. The molecule has 0 radical (unpaired) electrons. The molecule has 2 N–H and O–H groups in total. The first-order chi connectivity index (χ1) is 13.0. The minimum atomic E-state index is -0.341. The van der Waals surface area contributed by atoms with Crippen LogP contribution in [-0.2, 0) is 4.79 Å². The molecule has 0 bridgehead atoms. The molecule has 2 aromatic carbocycles. The van der Waals surface area contributed by atoms with Gasteiger partial charge in [0.2, 0.25) is 5.91 Å². The van der Waals surface area contributed by atoms with E-state index in [1.165, 1.54) is 0 Å². The summed E-state index contributed by atoms with van der Waals surface area (Å²) in [4.78, 5) is 26.9. The zero-order chi connectivity index (χ0) is 19.2. The molecule has 1 heterocycles. The van der Waals surface area contributed by atoms with E-state index in [1.807, 2.05) is 31.2 Å².